The molecule has 15 heavy (non-hydrogen) atoms. The number of aromatic nitrogens is 1. The first kappa shape index (κ1) is 10.5. The zero-order valence-electron chi connectivity index (χ0n) is 8.21. The molecule has 0 unspecified atom stereocenters. The Balaban J connectivity index is 2.48. The third-order valence-corrected chi connectivity index (χ3v) is 2.71. The van der Waals surface area contributed by atoms with E-state index in [-0.39, 0.29) is 5.82 Å². The predicted octanol–water partition coefficient (Wildman–Crippen LogP) is 2.78. The van der Waals surface area contributed by atoms with Crippen LogP contribution in [0.5, 0.6) is 0 Å². The van der Waals surface area contributed by atoms with Gasteiger partial charge >= 0.3 is 0 Å². The highest BCUT2D eigenvalue weighted by molar-refractivity contribution is 6.30. The van der Waals surface area contributed by atoms with Crippen LogP contribution in [-0.4, -0.2) is 11.1 Å². The van der Waals surface area contributed by atoms with Crippen molar-refractivity contribution in [3.63, 3.8) is 0 Å². The molecule has 1 aromatic carbocycles. The van der Waals surface area contributed by atoms with Crippen LogP contribution in [0.15, 0.2) is 24.3 Å². The molecule has 0 aliphatic heterocycles. The molecular formula is C11H12ClFN2. The fourth-order valence-electron chi connectivity index (χ4n) is 1.68. The van der Waals surface area contributed by atoms with Gasteiger partial charge in [0.2, 0.25) is 0 Å². The summed E-state index contributed by atoms with van der Waals surface area (Å²) in [5.41, 5.74) is 6.40. The van der Waals surface area contributed by atoms with Crippen molar-refractivity contribution in [3.8, 4) is 0 Å². The minimum Gasteiger partial charge on any atom is -0.332 e. The molecule has 2 nitrogen and oxygen atoms in total. The number of aryl methyl sites for hydroxylation is 1. The van der Waals surface area contributed by atoms with Gasteiger partial charge in [-0.1, -0.05) is 11.6 Å². The molecule has 0 spiro atoms. The summed E-state index contributed by atoms with van der Waals surface area (Å²) in [5.74, 6) is -0.241. The van der Waals surface area contributed by atoms with E-state index < -0.39 is 0 Å². The van der Waals surface area contributed by atoms with Crippen molar-refractivity contribution < 1.29 is 4.39 Å². The lowest BCUT2D eigenvalue weighted by molar-refractivity contribution is 0.629. The van der Waals surface area contributed by atoms with Crippen LogP contribution in [0.4, 0.5) is 4.39 Å². The maximum atomic E-state index is 13.0. The summed E-state index contributed by atoms with van der Waals surface area (Å²) in [7, 11) is 0. The molecule has 0 fully saturated rings. The quantitative estimate of drug-likeness (QED) is 0.857. The molecule has 0 radical (unpaired) electrons. The molecule has 0 amide bonds. The maximum Gasteiger partial charge on any atom is 0.123 e. The van der Waals surface area contributed by atoms with Gasteiger partial charge in [-0.05, 0) is 37.2 Å². The smallest absolute Gasteiger partial charge is 0.123 e. The van der Waals surface area contributed by atoms with E-state index in [1.807, 2.05) is 4.57 Å². The molecule has 1 heterocycles. The second-order valence-electron chi connectivity index (χ2n) is 3.46. The van der Waals surface area contributed by atoms with Crippen molar-refractivity contribution in [1.82, 2.24) is 4.57 Å². The van der Waals surface area contributed by atoms with E-state index >= 15 is 0 Å². The van der Waals surface area contributed by atoms with Gasteiger partial charge in [0, 0.05) is 17.4 Å². The molecule has 4 heteroatoms. The Labute approximate surface area is 92.4 Å². The molecule has 0 aliphatic carbocycles. The van der Waals surface area contributed by atoms with Crippen LogP contribution in [0.1, 0.15) is 6.42 Å². The molecule has 0 saturated heterocycles. The molecule has 2 rings (SSSR count). The molecule has 1 aromatic heterocycles. The van der Waals surface area contributed by atoms with Gasteiger partial charge in [-0.15, -0.1) is 0 Å². The second-order valence-corrected chi connectivity index (χ2v) is 3.85. The number of halogens is 2. The first-order valence-corrected chi connectivity index (χ1v) is 5.24. The fraction of sp³-hybridized carbons (Fsp3) is 0.273. The summed E-state index contributed by atoms with van der Waals surface area (Å²) in [6.45, 7) is 1.39. The third kappa shape index (κ3) is 1.98. The largest absolute Gasteiger partial charge is 0.332 e. The van der Waals surface area contributed by atoms with E-state index in [0.717, 1.165) is 23.9 Å². The standard InChI is InChI=1S/C11H12ClFN2/c12-11-7-8-6-9(13)2-3-10(8)15(11)5-1-4-14/h2-3,6-7H,1,4-5,14H2. The van der Waals surface area contributed by atoms with E-state index in [1.54, 1.807) is 12.1 Å². The van der Waals surface area contributed by atoms with E-state index in [2.05, 4.69) is 0 Å². The lowest BCUT2D eigenvalue weighted by atomic mass is 10.2. The third-order valence-electron chi connectivity index (χ3n) is 2.40. The SMILES string of the molecule is NCCCn1c(Cl)cc2cc(F)ccc21. The molecule has 0 atom stereocenters. The molecule has 2 aromatic rings. The summed E-state index contributed by atoms with van der Waals surface area (Å²) in [5, 5.41) is 1.46. The second kappa shape index (κ2) is 4.21. The van der Waals surface area contributed by atoms with Crippen molar-refractivity contribution in [3.05, 3.63) is 35.2 Å². The summed E-state index contributed by atoms with van der Waals surface area (Å²) in [4.78, 5) is 0. The fourth-order valence-corrected chi connectivity index (χ4v) is 1.98. The number of fused-ring (bicyclic) bond motifs is 1. The van der Waals surface area contributed by atoms with E-state index in [9.17, 15) is 4.39 Å². The van der Waals surface area contributed by atoms with Crippen LogP contribution in [-0.2, 0) is 6.54 Å². The van der Waals surface area contributed by atoms with Crippen LogP contribution < -0.4 is 5.73 Å². The van der Waals surface area contributed by atoms with Crippen molar-refractivity contribution in [2.45, 2.75) is 13.0 Å². The van der Waals surface area contributed by atoms with E-state index in [1.165, 1.54) is 12.1 Å². The summed E-state index contributed by atoms with van der Waals surface area (Å²) in [6, 6.07) is 6.45. The van der Waals surface area contributed by atoms with Crippen molar-refractivity contribution in [2.24, 2.45) is 5.73 Å². The first-order valence-electron chi connectivity index (χ1n) is 4.87. The lowest BCUT2D eigenvalue weighted by Gasteiger charge is -2.05. The Morgan fingerprint density at radius 2 is 2.13 bits per heavy atom. The minimum atomic E-state index is -0.241. The molecule has 0 bridgehead atoms. The minimum absolute atomic E-state index is 0.241. The van der Waals surface area contributed by atoms with E-state index in [0.29, 0.717) is 11.7 Å². The van der Waals surface area contributed by atoms with E-state index in [4.69, 9.17) is 17.3 Å². The Hall–Kier alpha value is -1.06. The Bertz CT molecular complexity index is 479. The number of rotatable bonds is 3. The summed E-state index contributed by atoms with van der Waals surface area (Å²) < 4.78 is 14.9. The number of hydrogen-bond acceptors (Lipinski definition) is 1. The predicted molar refractivity (Wildman–Crippen MR) is 60.6 cm³/mol. The van der Waals surface area contributed by atoms with Crippen molar-refractivity contribution >= 4 is 22.5 Å². The van der Waals surface area contributed by atoms with Gasteiger partial charge in [-0.25, -0.2) is 4.39 Å². The Kier molecular flexibility index (Phi) is 2.93. The normalized spacial score (nSPS) is 11.1. The molecule has 2 N–H and O–H groups in total. The topological polar surface area (TPSA) is 30.9 Å². The first-order chi connectivity index (χ1) is 7.22. The van der Waals surface area contributed by atoms with Gasteiger partial charge in [0.25, 0.3) is 0 Å². The highest BCUT2D eigenvalue weighted by Crippen LogP contribution is 2.24. The number of nitrogens with zero attached hydrogens (tertiary/aromatic N) is 1. The van der Waals surface area contributed by atoms with Gasteiger partial charge in [-0.3, -0.25) is 0 Å². The summed E-state index contributed by atoms with van der Waals surface area (Å²) >= 11 is 6.06. The molecule has 80 valence electrons. The zero-order valence-corrected chi connectivity index (χ0v) is 8.97. The lowest BCUT2D eigenvalue weighted by Crippen LogP contribution is -2.05. The van der Waals surface area contributed by atoms with Crippen LogP contribution >= 0.6 is 11.6 Å². The number of hydrogen-bond donors (Lipinski definition) is 1. The van der Waals surface area contributed by atoms with Gasteiger partial charge in [0.1, 0.15) is 11.0 Å². The average Bonchev–Trinajstić information content (AvgIpc) is 2.50. The molecular weight excluding hydrogens is 215 g/mol. The highest BCUT2D eigenvalue weighted by Gasteiger charge is 2.06. The number of nitrogens with two attached hydrogens (primary N) is 1. The number of benzene rings is 1. The monoisotopic (exact) mass is 226 g/mol. The average molecular weight is 227 g/mol. The maximum absolute atomic E-state index is 13.0. The molecule has 0 saturated carbocycles. The van der Waals surface area contributed by atoms with Crippen molar-refractivity contribution in [2.75, 3.05) is 6.54 Å². The van der Waals surface area contributed by atoms with Crippen LogP contribution in [0.2, 0.25) is 5.15 Å². The van der Waals surface area contributed by atoms with Gasteiger partial charge in [0.15, 0.2) is 0 Å². The highest BCUT2D eigenvalue weighted by atomic mass is 35.5. The molecule has 0 aliphatic rings. The van der Waals surface area contributed by atoms with Crippen LogP contribution in [0.3, 0.4) is 0 Å². The summed E-state index contributed by atoms with van der Waals surface area (Å²) in [6.07, 6.45) is 0.862. The Morgan fingerprint density at radius 1 is 1.33 bits per heavy atom. The van der Waals surface area contributed by atoms with Gasteiger partial charge in [0.05, 0.1) is 0 Å². The van der Waals surface area contributed by atoms with Crippen LogP contribution in [0, 0.1) is 5.82 Å². The van der Waals surface area contributed by atoms with Crippen molar-refractivity contribution in [1.29, 1.82) is 0 Å². The van der Waals surface area contributed by atoms with Crippen LogP contribution in [0.25, 0.3) is 10.9 Å². The van der Waals surface area contributed by atoms with Gasteiger partial charge in [-0.2, -0.15) is 0 Å². The Morgan fingerprint density at radius 3 is 2.87 bits per heavy atom. The van der Waals surface area contributed by atoms with Gasteiger partial charge < -0.3 is 10.3 Å². The zero-order chi connectivity index (χ0) is 10.8.